The summed E-state index contributed by atoms with van der Waals surface area (Å²) in [6.45, 7) is 0. The molecule has 3 rings (SSSR count). The van der Waals surface area contributed by atoms with E-state index in [-0.39, 0.29) is 11.5 Å². The third kappa shape index (κ3) is 2.54. The lowest BCUT2D eigenvalue weighted by Gasteiger charge is -2.37. The van der Waals surface area contributed by atoms with Gasteiger partial charge in [0.25, 0.3) is 17.6 Å². The van der Waals surface area contributed by atoms with Crippen LogP contribution in [0.5, 0.6) is 11.5 Å². The zero-order valence-electron chi connectivity index (χ0n) is 14.0. The van der Waals surface area contributed by atoms with Gasteiger partial charge < -0.3 is 40.1 Å². The molecule has 1 saturated heterocycles. The van der Waals surface area contributed by atoms with Crippen molar-refractivity contribution in [3.05, 3.63) is 23.8 Å². The van der Waals surface area contributed by atoms with Crippen LogP contribution in [0.15, 0.2) is 18.2 Å². The van der Waals surface area contributed by atoms with Crippen molar-refractivity contribution >= 4 is 5.91 Å². The molecule has 1 aromatic rings. The average Bonchev–Trinajstić information content (AvgIpc) is 3.03. The lowest BCUT2D eigenvalue weighted by Crippen LogP contribution is -2.62. The van der Waals surface area contributed by atoms with Crippen molar-refractivity contribution in [2.45, 2.75) is 48.8 Å². The molecule has 2 fully saturated rings. The van der Waals surface area contributed by atoms with Crippen molar-refractivity contribution in [3.8, 4) is 11.5 Å². The Morgan fingerprint density at radius 2 is 1.62 bits per heavy atom. The molecule has 0 aromatic heterocycles. The third-order valence-electron chi connectivity index (χ3n) is 4.88. The molecule has 1 amide bonds. The van der Waals surface area contributed by atoms with Gasteiger partial charge in [-0.05, 0) is 25.0 Å². The van der Waals surface area contributed by atoms with Crippen molar-refractivity contribution in [2.75, 3.05) is 7.11 Å². The Morgan fingerprint density at radius 1 is 1.00 bits per heavy atom. The van der Waals surface area contributed by atoms with Crippen LogP contribution in [-0.2, 0) is 10.4 Å². The molecule has 7 N–H and O–H groups in total. The summed E-state index contributed by atoms with van der Waals surface area (Å²) in [5.41, 5.74) is -3.69. The number of hydrogen-bond donors (Lipinski definition) is 7. The number of methoxy groups -OCH3 is 1. The van der Waals surface area contributed by atoms with Crippen LogP contribution in [0.4, 0.5) is 0 Å². The molecule has 10 nitrogen and oxygen atoms in total. The van der Waals surface area contributed by atoms with Crippen molar-refractivity contribution in [3.63, 3.8) is 0 Å². The Balaban J connectivity index is 2.08. The normalized spacial score (nSPS) is 28.7. The number of aliphatic hydroxyl groups is 6. The quantitative estimate of drug-likeness (QED) is 0.295. The van der Waals surface area contributed by atoms with Crippen LogP contribution in [0.1, 0.15) is 31.2 Å². The van der Waals surface area contributed by atoms with Gasteiger partial charge in [-0.2, -0.15) is 0 Å². The van der Waals surface area contributed by atoms with Gasteiger partial charge in [0, 0.05) is 18.4 Å². The molecule has 1 aliphatic carbocycles. The average molecular weight is 371 g/mol. The summed E-state index contributed by atoms with van der Waals surface area (Å²) >= 11 is 0. The fraction of sp³-hybridized carbons (Fsp3) is 0.562. The Kier molecular flexibility index (Phi) is 4.18. The minimum absolute atomic E-state index is 0.0752. The molecule has 1 aliphatic heterocycles. The summed E-state index contributed by atoms with van der Waals surface area (Å²) in [7, 11) is 1.33. The molecular weight excluding hydrogens is 350 g/mol. The van der Waals surface area contributed by atoms with Gasteiger partial charge in [-0.3, -0.25) is 10.1 Å². The van der Waals surface area contributed by atoms with E-state index < -0.39 is 34.6 Å². The molecule has 1 unspecified atom stereocenters. The van der Waals surface area contributed by atoms with E-state index in [9.17, 15) is 35.4 Å². The zero-order valence-corrected chi connectivity index (χ0v) is 14.0. The Labute approximate surface area is 148 Å². The standard InChI is InChI=1S/C16H21NO9/c1-25-10-5-4-9(8-11(10)26-13(19)6-2-3-7-13)14(20)15(21,22)12(18)17-16(14,23)24/h4-5,8,19-24H,2-3,6-7H2,1H3,(H,17,18). The first-order chi connectivity index (χ1) is 12.0. The van der Waals surface area contributed by atoms with E-state index in [1.54, 1.807) is 0 Å². The second-order valence-corrected chi connectivity index (χ2v) is 6.63. The lowest BCUT2D eigenvalue weighted by atomic mass is 9.84. The van der Waals surface area contributed by atoms with E-state index in [0.29, 0.717) is 12.8 Å². The third-order valence-corrected chi connectivity index (χ3v) is 4.88. The predicted octanol–water partition coefficient (Wildman–Crippen LogP) is -2.03. The molecule has 0 spiro atoms. The van der Waals surface area contributed by atoms with Gasteiger partial charge in [0.05, 0.1) is 7.11 Å². The number of amides is 1. The number of carbonyl (C=O) groups excluding carboxylic acids is 1. The van der Waals surface area contributed by atoms with E-state index in [1.807, 2.05) is 0 Å². The number of hydrogen-bond acceptors (Lipinski definition) is 9. The second-order valence-electron chi connectivity index (χ2n) is 6.63. The molecule has 1 aromatic carbocycles. The van der Waals surface area contributed by atoms with Crippen LogP contribution in [0.3, 0.4) is 0 Å². The minimum atomic E-state index is -3.54. The molecule has 144 valence electrons. The largest absolute Gasteiger partial charge is 0.493 e. The monoisotopic (exact) mass is 371 g/mol. The first kappa shape index (κ1) is 18.8. The van der Waals surface area contributed by atoms with Gasteiger partial charge in [0.2, 0.25) is 11.4 Å². The highest BCUT2D eigenvalue weighted by Gasteiger charge is 2.73. The number of ether oxygens (including phenoxy) is 2. The number of nitrogens with one attached hydrogen (secondary N) is 1. The van der Waals surface area contributed by atoms with Crippen LogP contribution in [-0.4, -0.2) is 61.1 Å². The van der Waals surface area contributed by atoms with Gasteiger partial charge in [-0.1, -0.05) is 6.07 Å². The van der Waals surface area contributed by atoms with Crippen LogP contribution >= 0.6 is 0 Å². The maximum Gasteiger partial charge on any atom is 0.288 e. The second kappa shape index (κ2) is 5.78. The molecule has 0 radical (unpaired) electrons. The minimum Gasteiger partial charge on any atom is -0.493 e. The summed E-state index contributed by atoms with van der Waals surface area (Å²) in [5, 5.41) is 62.5. The van der Waals surface area contributed by atoms with E-state index in [0.717, 1.165) is 25.0 Å². The van der Waals surface area contributed by atoms with Crippen molar-refractivity contribution in [1.29, 1.82) is 0 Å². The first-order valence-corrected chi connectivity index (χ1v) is 8.01. The summed E-state index contributed by atoms with van der Waals surface area (Å²) < 4.78 is 10.7. The SMILES string of the molecule is COc1ccc(C2(O)C(O)(O)NC(=O)C2(O)O)cc1OC1(O)CCCC1. The summed E-state index contributed by atoms with van der Waals surface area (Å²) in [5.74, 6) is -9.90. The highest BCUT2D eigenvalue weighted by molar-refractivity contribution is 5.88. The highest BCUT2D eigenvalue weighted by Crippen LogP contribution is 2.46. The highest BCUT2D eigenvalue weighted by atomic mass is 16.6. The van der Waals surface area contributed by atoms with Gasteiger partial charge in [0.1, 0.15) is 0 Å². The topological polar surface area (TPSA) is 169 Å². The molecule has 1 heterocycles. The zero-order chi connectivity index (χ0) is 19.4. The first-order valence-electron chi connectivity index (χ1n) is 8.01. The molecule has 1 saturated carbocycles. The van der Waals surface area contributed by atoms with Crippen LogP contribution in [0, 0.1) is 0 Å². The van der Waals surface area contributed by atoms with Crippen LogP contribution < -0.4 is 14.8 Å². The number of carbonyl (C=O) groups is 1. The summed E-state index contributed by atoms with van der Waals surface area (Å²) in [6, 6.07) is 3.40. The van der Waals surface area contributed by atoms with Gasteiger partial charge in [-0.15, -0.1) is 0 Å². The summed E-state index contributed by atoms with van der Waals surface area (Å²) in [6.07, 6.45) is 2.21. The smallest absolute Gasteiger partial charge is 0.288 e. The van der Waals surface area contributed by atoms with Crippen molar-refractivity contribution in [2.24, 2.45) is 0 Å². The molecule has 26 heavy (non-hydrogen) atoms. The predicted molar refractivity (Wildman–Crippen MR) is 83.4 cm³/mol. The van der Waals surface area contributed by atoms with Gasteiger partial charge in [-0.25, -0.2) is 0 Å². The fourth-order valence-corrected chi connectivity index (χ4v) is 3.36. The van der Waals surface area contributed by atoms with Crippen LogP contribution in [0.25, 0.3) is 0 Å². The molecular formula is C16H21NO9. The van der Waals surface area contributed by atoms with E-state index in [1.165, 1.54) is 18.5 Å². The van der Waals surface area contributed by atoms with Crippen molar-refractivity contribution < 1.29 is 44.9 Å². The Bertz CT molecular complexity index is 726. The van der Waals surface area contributed by atoms with E-state index in [4.69, 9.17) is 9.47 Å². The van der Waals surface area contributed by atoms with E-state index >= 15 is 0 Å². The molecule has 2 aliphatic rings. The summed E-state index contributed by atoms with van der Waals surface area (Å²) in [4.78, 5) is 11.7. The maximum absolute atomic E-state index is 11.7. The van der Waals surface area contributed by atoms with Gasteiger partial charge >= 0.3 is 0 Å². The Hall–Kier alpha value is -1.95. The number of rotatable bonds is 4. The molecule has 1 atom stereocenters. The van der Waals surface area contributed by atoms with Gasteiger partial charge in [0.15, 0.2) is 11.5 Å². The van der Waals surface area contributed by atoms with Crippen LogP contribution in [0.2, 0.25) is 0 Å². The van der Waals surface area contributed by atoms with E-state index in [2.05, 4.69) is 0 Å². The lowest BCUT2D eigenvalue weighted by molar-refractivity contribution is -0.348. The molecule has 10 heteroatoms. The fourth-order valence-electron chi connectivity index (χ4n) is 3.36. The molecule has 0 bridgehead atoms. The number of benzene rings is 1. The maximum atomic E-state index is 11.7. The van der Waals surface area contributed by atoms with Crippen molar-refractivity contribution in [1.82, 2.24) is 5.32 Å². The Morgan fingerprint density at radius 3 is 2.12 bits per heavy atom.